The highest BCUT2D eigenvalue weighted by molar-refractivity contribution is 5.91. The SMILES string of the molecule is O=C(/C=C/c1ccccc1)NN1CCCCC1. The molecule has 3 nitrogen and oxygen atoms in total. The summed E-state index contributed by atoms with van der Waals surface area (Å²) in [6, 6.07) is 9.84. The van der Waals surface area contributed by atoms with E-state index in [-0.39, 0.29) is 5.91 Å². The van der Waals surface area contributed by atoms with Crippen molar-refractivity contribution in [2.45, 2.75) is 19.3 Å². The minimum atomic E-state index is -0.0456. The maximum Gasteiger partial charge on any atom is 0.258 e. The van der Waals surface area contributed by atoms with Gasteiger partial charge in [-0.3, -0.25) is 10.2 Å². The van der Waals surface area contributed by atoms with Crippen molar-refractivity contribution in [2.75, 3.05) is 13.1 Å². The Kier molecular flexibility index (Phi) is 4.33. The van der Waals surface area contributed by atoms with E-state index in [1.165, 1.54) is 19.3 Å². The lowest BCUT2D eigenvalue weighted by molar-refractivity contribution is -0.121. The predicted octanol–water partition coefficient (Wildman–Crippen LogP) is 2.22. The number of carbonyl (C=O) groups excluding carboxylic acids is 1. The molecular weight excluding hydrogens is 212 g/mol. The van der Waals surface area contributed by atoms with Crippen LogP contribution in [-0.2, 0) is 4.79 Å². The molecule has 90 valence electrons. The third-order valence-corrected chi connectivity index (χ3v) is 2.85. The van der Waals surface area contributed by atoms with E-state index >= 15 is 0 Å². The number of hydrogen-bond donors (Lipinski definition) is 1. The predicted molar refractivity (Wildman–Crippen MR) is 69.0 cm³/mol. The monoisotopic (exact) mass is 230 g/mol. The van der Waals surface area contributed by atoms with Crippen molar-refractivity contribution in [3.05, 3.63) is 42.0 Å². The highest BCUT2D eigenvalue weighted by Gasteiger charge is 2.10. The van der Waals surface area contributed by atoms with Gasteiger partial charge in [0.15, 0.2) is 0 Å². The van der Waals surface area contributed by atoms with Gasteiger partial charge in [-0.2, -0.15) is 0 Å². The first kappa shape index (κ1) is 11.9. The average molecular weight is 230 g/mol. The second-order valence-electron chi connectivity index (χ2n) is 4.27. The Morgan fingerprint density at radius 2 is 1.82 bits per heavy atom. The van der Waals surface area contributed by atoms with Crippen LogP contribution in [0.3, 0.4) is 0 Å². The number of amides is 1. The number of nitrogens with zero attached hydrogens (tertiary/aromatic N) is 1. The second-order valence-corrected chi connectivity index (χ2v) is 4.27. The largest absolute Gasteiger partial charge is 0.285 e. The molecule has 0 aliphatic carbocycles. The van der Waals surface area contributed by atoms with Crippen molar-refractivity contribution in [2.24, 2.45) is 0 Å². The van der Waals surface area contributed by atoms with Gasteiger partial charge in [0.1, 0.15) is 0 Å². The molecule has 1 amide bonds. The molecule has 1 aromatic carbocycles. The van der Waals surface area contributed by atoms with Gasteiger partial charge in [0, 0.05) is 19.2 Å². The van der Waals surface area contributed by atoms with Gasteiger partial charge in [-0.1, -0.05) is 36.8 Å². The van der Waals surface area contributed by atoms with E-state index in [4.69, 9.17) is 0 Å². The molecule has 17 heavy (non-hydrogen) atoms. The number of nitrogens with one attached hydrogen (secondary N) is 1. The Labute approximate surface area is 102 Å². The summed E-state index contributed by atoms with van der Waals surface area (Å²) in [5, 5.41) is 2.00. The van der Waals surface area contributed by atoms with Crippen LogP contribution in [-0.4, -0.2) is 24.0 Å². The molecule has 1 saturated heterocycles. The molecule has 0 unspecified atom stereocenters. The van der Waals surface area contributed by atoms with E-state index in [1.807, 2.05) is 41.4 Å². The van der Waals surface area contributed by atoms with E-state index < -0.39 is 0 Å². The average Bonchev–Trinajstić information content (AvgIpc) is 2.39. The molecule has 0 aromatic heterocycles. The number of hydrazine groups is 1. The van der Waals surface area contributed by atoms with Crippen LogP contribution < -0.4 is 5.43 Å². The van der Waals surface area contributed by atoms with Crippen LogP contribution in [0.2, 0.25) is 0 Å². The Balaban J connectivity index is 1.82. The molecule has 2 rings (SSSR count). The van der Waals surface area contributed by atoms with Gasteiger partial charge in [0.2, 0.25) is 0 Å². The molecule has 1 fully saturated rings. The Hall–Kier alpha value is -1.61. The quantitative estimate of drug-likeness (QED) is 0.807. The summed E-state index contributed by atoms with van der Waals surface area (Å²) >= 11 is 0. The molecule has 1 aliphatic rings. The van der Waals surface area contributed by atoms with Gasteiger partial charge in [0.25, 0.3) is 5.91 Å². The molecule has 1 aromatic rings. The van der Waals surface area contributed by atoms with Gasteiger partial charge < -0.3 is 0 Å². The Bertz CT molecular complexity index is 380. The number of benzene rings is 1. The molecule has 1 aliphatic heterocycles. The third kappa shape index (κ3) is 4.04. The third-order valence-electron chi connectivity index (χ3n) is 2.85. The number of carbonyl (C=O) groups is 1. The van der Waals surface area contributed by atoms with E-state index in [0.717, 1.165) is 18.7 Å². The van der Waals surface area contributed by atoms with Gasteiger partial charge in [-0.05, 0) is 24.5 Å². The fourth-order valence-electron chi connectivity index (χ4n) is 1.93. The van der Waals surface area contributed by atoms with E-state index in [9.17, 15) is 4.79 Å². The molecule has 0 atom stereocenters. The van der Waals surface area contributed by atoms with Gasteiger partial charge in [0.05, 0.1) is 0 Å². The highest BCUT2D eigenvalue weighted by Crippen LogP contribution is 2.06. The topological polar surface area (TPSA) is 32.3 Å². The summed E-state index contributed by atoms with van der Waals surface area (Å²) in [6.07, 6.45) is 7.03. The summed E-state index contributed by atoms with van der Waals surface area (Å²) in [7, 11) is 0. The number of rotatable bonds is 3. The maximum absolute atomic E-state index is 11.6. The van der Waals surface area contributed by atoms with Crippen LogP contribution in [0.4, 0.5) is 0 Å². The van der Waals surface area contributed by atoms with Crippen molar-refractivity contribution in [3.8, 4) is 0 Å². The fourth-order valence-corrected chi connectivity index (χ4v) is 1.93. The minimum Gasteiger partial charge on any atom is -0.285 e. The van der Waals surface area contributed by atoms with Gasteiger partial charge in [-0.25, -0.2) is 5.01 Å². The smallest absolute Gasteiger partial charge is 0.258 e. The number of hydrogen-bond acceptors (Lipinski definition) is 2. The van der Waals surface area contributed by atoms with Crippen molar-refractivity contribution in [1.29, 1.82) is 0 Å². The Morgan fingerprint density at radius 3 is 2.53 bits per heavy atom. The standard InChI is InChI=1S/C14H18N2O/c17-14(15-16-11-5-2-6-12-16)10-9-13-7-3-1-4-8-13/h1,3-4,7-10H,2,5-6,11-12H2,(H,15,17)/b10-9+. The lowest BCUT2D eigenvalue weighted by Gasteiger charge is -2.26. The zero-order valence-electron chi connectivity index (χ0n) is 9.93. The van der Waals surface area contributed by atoms with E-state index in [1.54, 1.807) is 6.08 Å². The first-order valence-electron chi connectivity index (χ1n) is 6.13. The van der Waals surface area contributed by atoms with E-state index in [2.05, 4.69) is 5.43 Å². The second kappa shape index (κ2) is 6.21. The number of piperidine rings is 1. The van der Waals surface area contributed by atoms with Gasteiger partial charge >= 0.3 is 0 Å². The van der Waals surface area contributed by atoms with Crippen molar-refractivity contribution in [3.63, 3.8) is 0 Å². The van der Waals surface area contributed by atoms with Gasteiger partial charge in [-0.15, -0.1) is 0 Å². The van der Waals surface area contributed by atoms with Crippen LogP contribution in [0.5, 0.6) is 0 Å². The molecule has 0 bridgehead atoms. The zero-order valence-corrected chi connectivity index (χ0v) is 9.93. The maximum atomic E-state index is 11.6. The molecule has 0 saturated carbocycles. The van der Waals surface area contributed by atoms with Crippen LogP contribution in [0.15, 0.2) is 36.4 Å². The van der Waals surface area contributed by atoms with Crippen LogP contribution in [0.1, 0.15) is 24.8 Å². The lowest BCUT2D eigenvalue weighted by atomic mass is 10.2. The fraction of sp³-hybridized carbons (Fsp3) is 0.357. The summed E-state index contributed by atoms with van der Waals surface area (Å²) in [4.78, 5) is 11.6. The Morgan fingerprint density at radius 1 is 1.12 bits per heavy atom. The first-order chi connectivity index (χ1) is 8.34. The molecule has 0 spiro atoms. The molecule has 1 N–H and O–H groups in total. The minimum absolute atomic E-state index is 0.0456. The molecule has 3 heteroatoms. The van der Waals surface area contributed by atoms with Crippen LogP contribution in [0.25, 0.3) is 6.08 Å². The molecule has 1 heterocycles. The summed E-state index contributed by atoms with van der Waals surface area (Å²) in [6.45, 7) is 1.93. The normalized spacial score (nSPS) is 17.2. The van der Waals surface area contributed by atoms with E-state index in [0.29, 0.717) is 0 Å². The lowest BCUT2D eigenvalue weighted by Crippen LogP contribution is -2.44. The van der Waals surface area contributed by atoms with Crippen molar-refractivity contribution < 1.29 is 4.79 Å². The van der Waals surface area contributed by atoms with Crippen molar-refractivity contribution >= 4 is 12.0 Å². The summed E-state index contributed by atoms with van der Waals surface area (Å²) < 4.78 is 0. The summed E-state index contributed by atoms with van der Waals surface area (Å²) in [5.74, 6) is -0.0456. The molecule has 0 radical (unpaired) electrons. The zero-order chi connectivity index (χ0) is 11.9. The summed E-state index contributed by atoms with van der Waals surface area (Å²) in [5.41, 5.74) is 3.94. The van der Waals surface area contributed by atoms with Crippen LogP contribution in [0, 0.1) is 0 Å². The van der Waals surface area contributed by atoms with Crippen LogP contribution >= 0.6 is 0 Å². The van der Waals surface area contributed by atoms with Crippen molar-refractivity contribution in [1.82, 2.24) is 10.4 Å². The highest BCUT2D eigenvalue weighted by atomic mass is 16.2. The first-order valence-corrected chi connectivity index (χ1v) is 6.13. The molecular formula is C14H18N2O.